The highest BCUT2D eigenvalue weighted by atomic mass is 32.1. The molecule has 0 unspecified atom stereocenters. The molecule has 2 aromatic heterocycles. The van der Waals surface area contributed by atoms with Crippen molar-refractivity contribution in [3.8, 4) is 0 Å². The number of carbonyl (C=O) groups excluding carboxylic acids is 1. The van der Waals surface area contributed by atoms with Crippen molar-refractivity contribution in [1.82, 2.24) is 15.1 Å². The van der Waals surface area contributed by atoms with Crippen LogP contribution in [0.3, 0.4) is 0 Å². The number of hydrogen-bond donors (Lipinski definition) is 0. The molecule has 1 saturated heterocycles. The molecule has 1 aromatic carbocycles. The molecule has 1 amide bonds. The molecule has 2 atom stereocenters. The Bertz CT molecular complexity index is 888. The van der Waals surface area contributed by atoms with Gasteiger partial charge in [0.05, 0.1) is 11.7 Å². The fraction of sp³-hybridized carbons (Fsp3) is 0.353. The van der Waals surface area contributed by atoms with E-state index < -0.39 is 0 Å². The molecule has 3 aromatic rings. The molecule has 0 N–H and O–H groups in total. The Hall–Kier alpha value is -2.25. The van der Waals surface area contributed by atoms with Gasteiger partial charge in [-0.1, -0.05) is 18.2 Å². The van der Waals surface area contributed by atoms with Gasteiger partial charge in [-0.25, -0.2) is 0 Å². The van der Waals surface area contributed by atoms with Crippen LogP contribution in [0.5, 0.6) is 0 Å². The number of nitrogens with zero attached hydrogens (tertiary/aromatic N) is 3. The number of ether oxygens (including phenoxy) is 1. The van der Waals surface area contributed by atoms with Gasteiger partial charge in [-0.05, 0) is 6.07 Å². The van der Waals surface area contributed by atoms with Gasteiger partial charge in [-0.2, -0.15) is 0 Å². The minimum Gasteiger partial charge on any atom is -0.423 e. The van der Waals surface area contributed by atoms with E-state index in [0.717, 1.165) is 10.1 Å². The molecule has 1 aliphatic heterocycles. The Labute approximate surface area is 143 Å². The lowest BCUT2D eigenvalue weighted by atomic mass is 10.1. The first-order valence-corrected chi connectivity index (χ1v) is 8.65. The van der Waals surface area contributed by atoms with Crippen molar-refractivity contribution in [2.24, 2.45) is 0 Å². The van der Waals surface area contributed by atoms with Crippen LogP contribution < -0.4 is 0 Å². The zero-order chi connectivity index (χ0) is 16.7. The first-order chi connectivity index (χ1) is 11.7. The number of aromatic nitrogens is 2. The maximum absolute atomic E-state index is 13.2. The monoisotopic (exact) mass is 343 g/mol. The summed E-state index contributed by atoms with van der Waals surface area (Å²) in [5.41, 5.74) is 0.716. The molecule has 1 aliphatic rings. The van der Waals surface area contributed by atoms with Crippen LogP contribution in [0, 0.1) is 6.92 Å². The van der Waals surface area contributed by atoms with E-state index in [1.54, 1.807) is 30.3 Å². The molecule has 124 valence electrons. The van der Waals surface area contributed by atoms with Crippen LogP contribution in [0.4, 0.5) is 0 Å². The molecule has 0 spiro atoms. The van der Waals surface area contributed by atoms with Crippen molar-refractivity contribution in [2.45, 2.75) is 25.5 Å². The van der Waals surface area contributed by atoms with Crippen LogP contribution in [0.25, 0.3) is 10.1 Å². The van der Waals surface area contributed by atoms with Gasteiger partial charge in [-0.3, -0.25) is 4.79 Å². The highest BCUT2D eigenvalue weighted by Gasteiger charge is 2.40. The molecular weight excluding hydrogens is 326 g/mol. The zero-order valence-corrected chi connectivity index (χ0v) is 14.2. The molecular formula is C17H17N3O3S. The summed E-state index contributed by atoms with van der Waals surface area (Å²) in [6.45, 7) is 2.27. The van der Waals surface area contributed by atoms with Gasteiger partial charge in [0.2, 0.25) is 11.8 Å². The number of benzene rings is 1. The first-order valence-electron chi connectivity index (χ1n) is 7.77. The second-order valence-electron chi connectivity index (χ2n) is 5.87. The van der Waals surface area contributed by atoms with Crippen LogP contribution in [-0.2, 0) is 4.74 Å². The molecule has 0 radical (unpaired) electrons. The van der Waals surface area contributed by atoms with Crippen LogP contribution in [-0.4, -0.2) is 40.8 Å². The Balaban J connectivity index is 1.71. The van der Waals surface area contributed by atoms with Gasteiger partial charge in [-0.15, -0.1) is 21.5 Å². The SMILES string of the molecule is CO[C@H]1C[C@H](c2nnc(C)o2)N(C(=O)c2csc3ccccc23)C1. The molecule has 0 saturated carbocycles. The molecule has 1 fully saturated rings. The van der Waals surface area contributed by atoms with Crippen molar-refractivity contribution in [1.29, 1.82) is 0 Å². The quantitative estimate of drug-likeness (QED) is 0.730. The van der Waals surface area contributed by atoms with Crippen molar-refractivity contribution >= 4 is 27.3 Å². The molecule has 4 rings (SSSR count). The lowest BCUT2D eigenvalue weighted by Gasteiger charge is -2.21. The highest BCUT2D eigenvalue weighted by Crippen LogP contribution is 2.36. The number of aryl methyl sites for hydroxylation is 1. The number of amides is 1. The van der Waals surface area contributed by atoms with E-state index in [0.29, 0.717) is 30.3 Å². The maximum atomic E-state index is 13.2. The average molecular weight is 343 g/mol. The van der Waals surface area contributed by atoms with Crippen LogP contribution in [0.2, 0.25) is 0 Å². The van der Waals surface area contributed by atoms with Gasteiger partial charge in [0.25, 0.3) is 5.91 Å². The molecule has 0 aliphatic carbocycles. The summed E-state index contributed by atoms with van der Waals surface area (Å²) >= 11 is 1.58. The summed E-state index contributed by atoms with van der Waals surface area (Å²) in [5, 5.41) is 10.9. The summed E-state index contributed by atoms with van der Waals surface area (Å²) in [6.07, 6.45) is 0.627. The number of thiophene rings is 1. The Morgan fingerprint density at radius 2 is 2.21 bits per heavy atom. The standard InChI is InChI=1S/C17H17N3O3S/c1-10-18-19-16(23-10)14-7-11(22-2)8-20(14)17(21)13-9-24-15-6-4-3-5-12(13)15/h3-6,9,11,14H,7-8H2,1-2H3/t11-,14+/m0/s1. The third-order valence-electron chi connectivity index (χ3n) is 4.40. The topological polar surface area (TPSA) is 68.5 Å². The summed E-state index contributed by atoms with van der Waals surface area (Å²) in [7, 11) is 1.66. The largest absolute Gasteiger partial charge is 0.423 e. The number of rotatable bonds is 3. The number of methoxy groups -OCH3 is 1. The second kappa shape index (κ2) is 5.99. The fourth-order valence-electron chi connectivity index (χ4n) is 3.17. The first kappa shape index (κ1) is 15.3. The number of fused-ring (bicyclic) bond motifs is 1. The third-order valence-corrected chi connectivity index (χ3v) is 5.36. The Morgan fingerprint density at radius 3 is 2.96 bits per heavy atom. The fourth-order valence-corrected chi connectivity index (χ4v) is 4.11. The summed E-state index contributed by atoms with van der Waals surface area (Å²) in [4.78, 5) is 14.9. The molecule has 24 heavy (non-hydrogen) atoms. The maximum Gasteiger partial charge on any atom is 0.256 e. The van der Waals surface area contributed by atoms with Crippen LogP contribution in [0.1, 0.15) is 34.6 Å². The number of likely N-dealkylation sites (tertiary alicyclic amines) is 1. The second-order valence-corrected chi connectivity index (χ2v) is 6.78. The van der Waals surface area contributed by atoms with Gasteiger partial charge in [0.1, 0.15) is 6.04 Å². The van der Waals surface area contributed by atoms with E-state index in [4.69, 9.17) is 9.15 Å². The predicted molar refractivity (Wildman–Crippen MR) is 90.1 cm³/mol. The van der Waals surface area contributed by atoms with Crippen molar-refractivity contribution in [2.75, 3.05) is 13.7 Å². The Morgan fingerprint density at radius 1 is 1.38 bits per heavy atom. The molecule has 3 heterocycles. The van der Waals surface area contributed by atoms with Gasteiger partial charge in [0.15, 0.2) is 0 Å². The van der Waals surface area contributed by atoms with Crippen molar-refractivity contribution in [3.05, 3.63) is 47.0 Å². The van der Waals surface area contributed by atoms with E-state index in [9.17, 15) is 4.79 Å². The minimum atomic E-state index is -0.248. The average Bonchev–Trinajstić information content (AvgIpc) is 3.31. The number of hydrogen-bond acceptors (Lipinski definition) is 6. The zero-order valence-electron chi connectivity index (χ0n) is 13.4. The van der Waals surface area contributed by atoms with Gasteiger partial charge >= 0.3 is 0 Å². The highest BCUT2D eigenvalue weighted by molar-refractivity contribution is 7.17. The third kappa shape index (κ3) is 2.50. The van der Waals surface area contributed by atoms with Crippen LogP contribution in [0.15, 0.2) is 34.1 Å². The van der Waals surface area contributed by atoms with E-state index in [1.807, 2.05) is 29.6 Å². The van der Waals surface area contributed by atoms with Gasteiger partial charge < -0.3 is 14.1 Å². The smallest absolute Gasteiger partial charge is 0.256 e. The molecule has 0 bridgehead atoms. The lowest BCUT2D eigenvalue weighted by Crippen LogP contribution is -2.32. The normalized spacial score (nSPS) is 20.8. The summed E-state index contributed by atoms with van der Waals surface area (Å²) in [6, 6.07) is 7.69. The minimum absolute atomic E-state index is 0.0205. The lowest BCUT2D eigenvalue weighted by molar-refractivity contribution is 0.0676. The Kier molecular flexibility index (Phi) is 3.82. The van der Waals surface area contributed by atoms with E-state index >= 15 is 0 Å². The predicted octanol–water partition coefficient (Wildman–Crippen LogP) is 3.19. The van der Waals surface area contributed by atoms with Crippen molar-refractivity contribution < 1.29 is 13.9 Å². The molecule has 7 heteroatoms. The van der Waals surface area contributed by atoms with E-state index in [-0.39, 0.29) is 18.1 Å². The summed E-state index contributed by atoms with van der Waals surface area (Å²) in [5.74, 6) is 0.951. The number of carbonyl (C=O) groups is 1. The van der Waals surface area contributed by atoms with Gasteiger partial charge in [0, 0.05) is 42.5 Å². The van der Waals surface area contributed by atoms with Crippen LogP contribution >= 0.6 is 11.3 Å². The van der Waals surface area contributed by atoms with E-state index in [1.165, 1.54) is 0 Å². The van der Waals surface area contributed by atoms with E-state index in [2.05, 4.69) is 10.2 Å². The van der Waals surface area contributed by atoms with Crippen molar-refractivity contribution in [3.63, 3.8) is 0 Å². The summed E-state index contributed by atoms with van der Waals surface area (Å²) < 4.78 is 12.2. The molecule has 6 nitrogen and oxygen atoms in total.